The molecule has 2 aliphatic heterocycles. The van der Waals surface area contributed by atoms with E-state index in [2.05, 4.69) is 57.5 Å². The Hall–Kier alpha value is -4.42. The zero-order valence-electron chi connectivity index (χ0n) is 37.2. The lowest BCUT2D eigenvalue weighted by Gasteiger charge is -2.30. The predicted octanol–water partition coefficient (Wildman–Crippen LogP) is 10.9. The average Bonchev–Trinajstić information content (AvgIpc) is 3.63. The smallest absolute Gasteiger partial charge is 0.226 e. The van der Waals surface area contributed by atoms with Gasteiger partial charge in [0.15, 0.2) is 10.9 Å². The second-order valence-electron chi connectivity index (χ2n) is 19.0. The summed E-state index contributed by atoms with van der Waals surface area (Å²) in [7, 11) is -2.29. The minimum atomic E-state index is -3.91. The van der Waals surface area contributed by atoms with Crippen molar-refractivity contribution in [2.75, 3.05) is 19.0 Å². The molecule has 1 saturated heterocycles. The van der Waals surface area contributed by atoms with Crippen LogP contribution in [0, 0.1) is 11.8 Å². The maximum Gasteiger partial charge on any atom is 0.226 e. The first-order chi connectivity index (χ1) is 30.1. The fourth-order valence-electron chi connectivity index (χ4n) is 9.15. The zero-order valence-corrected chi connectivity index (χ0v) is 39.7. The van der Waals surface area contributed by atoms with Crippen LogP contribution in [0.25, 0.3) is 22.3 Å². The Morgan fingerprint density at radius 3 is 2.56 bits per heavy atom. The summed E-state index contributed by atoms with van der Waals surface area (Å²) in [6.45, 7) is 10.8. The molecular weight excluding hydrogens is 850 g/mol. The van der Waals surface area contributed by atoms with E-state index in [1.807, 2.05) is 60.0 Å². The van der Waals surface area contributed by atoms with Gasteiger partial charge in [-0.25, -0.2) is 15.0 Å². The number of ketones is 1. The third kappa shape index (κ3) is 10.1. The van der Waals surface area contributed by atoms with Crippen molar-refractivity contribution < 1.29 is 28.5 Å². The molecule has 14 heteroatoms. The standard InChI is InChI=1S/C49H60N5O6PS2/c1-31(2)50-47-52-40(29-63-47)39-24-43(37-20-19-35(59-6)22-38(37)51-39)60-36-23-41-42(55)26-49(61(57,58)28-32-15-11-10-12-16-32)25-34(49)18-14-9-7-8-13-17-33(46(56)54(41)27-36)21-45-53-44(30-62-45)48(3,4)5/h10-12,14-16,18-20,22,24,29-31,33-34,36,41H,7-9,13,17,21,23,25-28H2,1-6H3,(H,50,52)(H,57,58)/b18-14-/t33-,34+,36-,41+,49-/m1/s1. The fourth-order valence-corrected chi connectivity index (χ4v) is 13.6. The number of pyridine rings is 1. The van der Waals surface area contributed by atoms with Crippen LogP contribution in [0.1, 0.15) is 102 Å². The molecule has 1 saturated carbocycles. The molecule has 3 aromatic heterocycles. The van der Waals surface area contributed by atoms with Gasteiger partial charge in [0, 0.05) is 64.9 Å². The summed E-state index contributed by atoms with van der Waals surface area (Å²) >= 11 is 3.09. The molecule has 1 unspecified atom stereocenters. The number of Topliss-reactive ketones (excluding diaryl/α,β-unsaturated/α-hetero) is 1. The van der Waals surface area contributed by atoms with Gasteiger partial charge in [0.2, 0.25) is 13.3 Å². The lowest BCUT2D eigenvalue weighted by atomic mass is 9.93. The van der Waals surface area contributed by atoms with Crippen LogP contribution in [-0.4, -0.2) is 73.4 Å². The molecule has 8 rings (SSSR count). The summed E-state index contributed by atoms with van der Waals surface area (Å²) in [5.41, 5.74) is 3.64. The highest BCUT2D eigenvalue weighted by atomic mass is 32.1. The fraction of sp³-hybridized carbons (Fsp3) is 0.490. The van der Waals surface area contributed by atoms with Gasteiger partial charge in [-0.1, -0.05) is 76.1 Å². The number of carbonyl (C=O) groups is 2. The largest absolute Gasteiger partial charge is 0.497 e. The number of nitrogens with zero attached hydrogens (tertiary/aromatic N) is 4. The molecule has 2 aromatic carbocycles. The number of benzene rings is 2. The van der Waals surface area contributed by atoms with E-state index in [0.717, 1.165) is 52.5 Å². The number of ether oxygens (including phenoxy) is 2. The van der Waals surface area contributed by atoms with E-state index < -0.39 is 24.7 Å². The first-order valence-corrected chi connectivity index (χ1v) is 25.9. The van der Waals surface area contributed by atoms with Gasteiger partial charge in [0.25, 0.3) is 0 Å². The first kappa shape index (κ1) is 45.2. The first-order valence-electron chi connectivity index (χ1n) is 22.3. The van der Waals surface area contributed by atoms with E-state index in [4.69, 9.17) is 24.4 Å². The summed E-state index contributed by atoms with van der Waals surface area (Å²) in [6, 6.07) is 16.3. The number of nitrogens with one attached hydrogen (secondary N) is 1. The molecular formula is C49H60N5O6PS2. The van der Waals surface area contributed by atoms with Crippen LogP contribution in [0.2, 0.25) is 0 Å². The minimum Gasteiger partial charge on any atom is -0.497 e. The lowest BCUT2D eigenvalue weighted by Crippen LogP contribution is -2.45. The molecule has 3 aliphatic rings. The van der Waals surface area contributed by atoms with Gasteiger partial charge in [-0.15, -0.1) is 22.7 Å². The molecule has 2 fully saturated rings. The van der Waals surface area contributed by atoms with Crippen LogP contribution in [0.15, 0.2) is 77.5 Å². The van der Waals surface area contributed by atoms with Crippen LogP contribution < -0.4 is 14.8 Å². The minimum absolute atomic E-state index is 0.00675. The van der Waals surface area contributed by atoms with Gasteiger partial charge in [-0.2, -0.15) is 0 Å². The Bertz CT molecular complexity index is 2520. The van der Waals surface area contributed by atoms with Crippen molar-refractivity contribution in [2.24, 2.45) is 11.8 Å². The topological polar surface area (TPSA) is 144 Å². The van der Waals surface area contributed by atoms with E-state index >= 15 is 9.59 Å². The van der Waals surface area contributed by atoms with Crippen LogP contribution in [0.4, 0.5) is 5.13 Å². The average molecular weight is 910 g/mol. The van der Waals surface area contributed by atoms with Crippen LogP contribution >= 0.6 is 30.0 Å². The normalized spacial score (nSPS) is 24.9. The Morgan fingerprint density at radius 2 is 1.81 bits per heavy atom. The van der Waals surface area contributed by atoms with Crippen molar-refractivity contribution in [3.8, 4) is 22.9 Å². The highest BCUT2D eigenvalue weighted by Crippen LogP contribution is 2.74. The Balaban J connectivity index is 1.15. The van der Waals surface area contributed by atoms with Gasteiger partial charge in [0.05, 0.1) is 52.9 Å². The summed E-state index contributed by atoms with van der Waals surface area (Å²) in [4.78, 5) is 58.8. The zero-order chi connectivity index (χ0) is 44.5. The van der Waals surface area contributed by atoms with Crippen molar-refractivity contribution in [3.63, 3.8) is 0 Å². The molecule has 63 heavy (non-hydrogen) atoms. The maximum atomic E-state index is 15.2. The van der Waals surface area contributed by atoms with Gasteiger partial charge < -0.3 is 24.6 Å². The van der Waals surface area contributed by atoms with Crippen molar-refractivity contribution in [2.45, 2.75) is 127 Å². The number of allylic oxidation sites excluding steroid dienone is 2. The Kier molecular flexibility index (Phi) is 13.3. The molecule has 5 heterocycles. The van der Waals surface area contributed by atoms with Crippen LogP contribution in [0.5, 0.6) is 11.5 Å². The number of hydrogen-bond acceptors (Lipinski definition) is 11. The molecule has 6 atom stereocenters. The van der Waals surface area contributed by atoms with Gasteiger partial charge >= 0.3 is 0 Å². The molecule has 0 radical (unpaired) electrons. The van der Waals surface area contributed by atoms with Gasteiger partial charge in [-0.3, -0.25) is 14.2 Å². The Labute approximate surface area is 379 Å². The third-order valence-electron chi connectivity index (χ3n) is 12.8. The molecule has 334 valence electrons. The van der Waals surface area contributed by atoms with Crippen LogP contribution in [0.3, 0.4) is 0 Å². The van der Waals surface area contributed by atoms with E-state index in [0.29, 0.717) is 47.7 Å². The number of aromatic nitrogens is 3. The van der Waals surface area contributed by atoms with Crippen molar-refractivity contribution in [3.05, 3.63) is 93.8 Å². The van der Waals surface area contributed by atoms with E-state index in [9.17, 15) is 9.46 Å². The van der Waals surface area contributed by atoms with Crippen molar-refractivity contribution in [1.82, 2.24) is 19.9 Å². The molecule has 5 aromatic rings. The number of thiazole rings is 2. The van der Waals surface area contributed by atoms with E-state index in [1.54, 1.807) is 23.3 Å². The van der Waals surface area contributed by atoms with E-state index in [-0.39, 0.29) is 60.5 Å². The summed E-state index contributed by atoms with van der Waals surface area (Å²) in [5, 5.41) is 8.80. The molecule has 1 aliphatic carbocycles. The number of carbonyl (C=O) groups excluding carboxylic acids is 2. The second kappa shape index (κ2) is 18.6. The van der Waals surface area contributed by atoms with Crippen molar-refractivity contribution >= 4 is 57.8 Å². The SMILES string of the molecule is COc1ccc2c(O[C@@H]3C[C@H]4C(=O)C[C@]5(P(=O)(O)Cc6ccccc6)C[C@@H]5/C=C\CCCCC[C@H](Cc5nc(C(C)(C)C)cs5)C(=O)N4C3)cc(-c3csc(NC(C)C)n3)nc2c1. The molecule has 2 N–H and O–H groups in total. The van der Waals surface area contributed by atoms with Crippen LogP contribution in [-0.2, 0) is 32.2 Å². The molecule has 0 bridgehead atoms. The number of fused-ring (bicyclic) bond motifs is 3. The molecule has 0 spiro atoms. The Morgan fingerprint density at radius 1 is 1.00 bits per heavy atom. The maximum absolute atomic E-state index is 15.2. The quantitative estimate of drug-likeness (QED) is 0.0971. The monoisotopic (exact) mass is 909 g/mol. The summed E-state index contributed by atoms with van der Waals surface area (Å²) in [6.07, 6.45) is 9.06. The predicted molar refractivity (Wildman–Crippen MR) is 253 cm³/mol. The highest BCUT2D eigenvalue weighted by Gasteiger charge is 2.65. The lowest BCUT2D eigenvalue weighted by molar-refractivity contribution is -0.141. The van der Waals surface area contributed by atoms with Gasteiger partial charge in [-0.05, 0) is 63.1 Å². The van der Waals surface area contributed by atoms with Crippen molar-refractivity contribution in [1.29, 1.82) is 0 Å². The second-order valence-corrected chi connectivity index (χ2v) is 23.4. The summed E-state index contributed by atoms with van der Waals surface area (Å²) < 4.78 is 27.2. The number of amides is 1. The van der Waals surface area contributed by atoms with Gasteiger partial charge in [0.1, 0.15) is 23.3 Å². The number of hydrogen-bond donors (Lipinski definition) is 2. The number of methoxy groups -OCH3 is 1. The highest BCUT2D eigenvalue weighted by molar-refractivity contribution is 7.59. The summed E-state index contributed by atoms with van der Waals surface area (Å²) in [5.74, 6) is 0.357. The third-order valence-corrected chi connectivity index (χ3v) is 17.3. The molecule has 1 amide bonds. The molecule has 11 nitrogen and oxygen atoms in total. The number of rotatable bonds is 11. The number of anilines is 1. The van der Waals surface area contributed by atoms with E-state index in [1.165, 1.54) is 11.3 Å².